The molecular formula is C8H18N4O3. The lowest BCUT2D eigenvalue weighted by Gasteiger charge is -2.10. The molecule has 0 aliphatic heterocycles. The SMILES string of the molecule is NC(=O)C[C@H](N)C(=O)NCCNCCO. The number of nitrogens with two attached hydrogens (primary N) is 2. The molecule has 0 fully saturated rings. The minimum absolute atomic E-state index is 0.0507. The maximum Gasteiger partial charge on any atom is 0.237 e. The number of carbonyl (C=O) groups excluding carboxylic acids is 2. The predicted octanol–water partition coefficient (Wildman–Crippen LogP) is -3.11. The van der Waals surface area contributed by atoms with E-state index >= 15 is 0 Å². The summed E-state index contributed by atoms with van der Waals surface area (Å²) in [6.45, 7) is 1.46. The van der Waals surface area contributed by atoms with Gasteiger partial charge >= 0.3 is 0 Å². The molecule has 88 valence electrons. The van der Waals surface area contributed by atoms with Gasteiger partial charge in [-0.1, -0.05) is 0 Å². The molecule has 0 aromatic rings. The van der Waals surface area contributed by atoms with Gasteiger partial charge < -0.3 is 27.2 Å². The highest BCUT2D eigenvalue weighted by Gasteiger charge is 2.14. The zero-order valence-electron chi connectivity index (χ0n) is 8.53. The molecule has 0 aromatic heterocycles. The molecule has 0 saturated carbocycles. The first kappa shape index (κ1) is 13.8. The van der Waals surface area contributed by atoms with Gasteiger partial charge in [-0.15, -0.1) is 0 Å². The average Bonchev–Trinajstić information content (AvgIpc) is 2.16. The normalized spacial score (nSPS) is 12.1. The number of amides is 2. The van der Waals surface area contributed by atoms with Gasteiger partial charge in [-0.25, -0.2) is 0 Å². The molecule has 7 heteroatoms. The molecule has 0 saturated heterocycles. The third-order valence-electron chi connectivity index (χ3n) is 1.65. The first-order valence-corrected chi connectivity index (χ1v) is 4.71. The molecule has 7 nitrogen and oxygen atoms in total. The maximum atomic E-state index is 11.2. The predicted molar refractivity (Wildman–Crippen MR) is 54.8 cm³/mol. The molecule has 0 spiro atoms. The lowest BCUT2D eigenvalue weighted by atomic mass is 10.2. The van der Waals surface area contributed by atoms with E-state index in [1.165, 1.54) is 0 Å². The minimum atomic E-state index is -0.889. The van der Waals surface area contributed by atoms with Gasteiger partial charge in [0.2, 0.25) is 11.8 Å². The maximum absolute atomic E-state index is 11.2. The number of hydrogen-bond acceptors (Lipinski definition) is 5. The van der Waals surface area contributed by atoms with E-state index in [9.17, 15) is 9.59 Å². The summed E-state index contributed by atoms with van der Waals surface area (Å²) in [4.78, 5) is 21.6. The van der Waals surface area contributed by atoms with Crippen molar-refractivity contribution < 1.29 is 14.7 Å². The standard InChI is InChI=1S/C8H18N4O3/c9-6(5-7(10)14)8(15)12-2-1-11-3-4-13/h6,11,13H,1-5,9H2,(H2,10,14)(H,12,15)/t6-/m0/s1. The number of hydrogen-bond donors (Lipinski definition) is 5. The van der Waals surface area contributed by atoms with Gasteiger partial charge in [0.05, 0.1) is 19.1 Å². The van der Waals surface area contributed by atoms with Gasteiger partial charge in [0.25, 0.3) is 0 Å². The van der Waals surface area contributed by atoms with Crippen LogP contribution in [-0.2, 0) is 9.59 Å². The number of aliphatic hydroxyl groups is 1. The Morgan fingerprint density at radius 3 is 2.47 bits per heavy atom. The molecule has 15 heavy (non-hydrogen) atoms. The van der Waals surface area contributed by atoms with Crippen LogP contribution in [0.25, 0.3) is 0 Å². The third kappa shape index (κ3) is 7.86. The summed E-state index contributed by atoms with van der Waals surface area (Å²) in [6.07, 6.45) is -0.157. The first-order chi connectivity index (χ1) is 7.07. The second-order valence-electron chi connectivity index (χ2n) is 3.04. The van der Waals surface area contributed by atoms with Crippen molar-refractivity contribution in [3.05, 3.63) is 0 Å². The van der Waals surface area contributed by atoms with Gasteiger partial charge in [0.1, 0.15) is 0 Å². The largest absolute Gasteiger partial charge is 0.395 e. The van der Waals surface area contributed by atoms with Crippen LogP contribution >= 0.6 is 0 Å². The number of rotatable bonds is 8. The van der Waals surface area contributed by atoms with Gasteiger partial charge in [-0.2, -0.15) is 0 Å². The Kier molecular flexibility index (Phi) is 7.51. The lowest BCUT2D eigenvalue weighted by molar-refractivity contribution is -0.126. The Labute approximate surface area is 88.2 Å². The summed E-state index contributed by atoms with van der Waals surface area (Å²) in [5, 5.41) is 13.8. The molecule has 0 aliphatic rings. The molecule has 2 amide bonds. The summed E-state index contributed by atoms with van der Waals surface area (Å²) in [5.74, 6) is -1.00. The van der Waals surface area contributed by atoms with Crippen molar-refractivity contribution in [1.82, 2.24) is 10.6 Å². The zero-order valence-corrected chi connectivity index (χ0v) is 8.53. The highest BCUT2D eigenvalue weighted by Crippen LogP contribution is 1.85. The Morgan fingerprint density at radius 1 is 1.27 bits per heavy atom. The fourth-order valence-corrected chi connectivity index (χ4v) is 0.919. The number of carbonyl (C=O) groups is 2. The van der Waals surface area contributed by atoms with Crippen LogP contribution in [0.4, 0.5) is 0 Å². The van der Waals surface area contributed by atoms with Crippen LogP contribution in [0.3, 0.4) is 0 Å². The van der Waals surface area contributed by atoms with Crippen molar-refractivity contribution in [1.29, 1.82) is 0 Å². The van der Waals surface area contributed by atoms with E-state index < -0.39 is 17.9 Å². The van der Waals surface area contributed by atoms with E-state index in [1.54, 1.807) is 0 Å². The van der Waals surface area contributed by atoms with Crippen molar-refractivity contribution >= 4 is 11.8 Å². The van der Waals surface area contributed by atoms with Crippen LogP contribution in [0.2, 0.25) is 0 Å². The van der Waals surface area contributed by atoms with Crippen molar-refractivity contribution in [2.24, 2.45) is 11.5 Å². The van der Waals surface area contributed by atoms with Crippen LogP contribution in [0.15, 0.2) is 0 Å². The van der Waals surface area contributed by atoms with Crippen LogP contribution in [0, 0.1) is 0 Å². The minimum Gasteiger partial charge on any atom is -0.395 e. The van der Waals surface area contributed by atoms with E-state index in [-0.39, 0.29) is 13.0 Å². The average molecular weight is 218 g/mol. The van der Waals surface area contributed by atoms with Crippen LogP contribution in [-0.4, -0.2) is 49.2 Å². The monoisotopic (exact) mass is 218 g/mol. The molecule has 7 N–H and O–H groups in total. The van der Waals surface area contributed by atoms with Gasteiger partial charge in [-0.05, 0) is 0 Å². The Hall–Kier alpha value is -1.18. The molecule has 1 atom stereocenters. The summed E-state index contributed by atoms with van der Waals surface area (Å²) in [7, 11) is 0. The first-order valence-electron chi connectivity index (χ1n) is 4.71. The fourth-order valence-electron chi connectivity index (χ4n) is 0.919. The van der Waals surface area contributed by atoms with E-state index in [4.69, 9.17) is 16.6 Å². The zero-order chi connectivity index (χ0) is 11.7. The van der Waals surface area contributed by atoms with Crippen LogP contribution in [0.5, 0.6) is 0 Å². The van der Waals surface area contributed by atoms with E-state index in [0.717, 1.165) is 0 Å². The smallest absolute Gasteiger partial charge is 0.237 e. The molecule has 0 aromatic carbocycles. The summed E-state index contributed by atoms with van der Waals surface area (Å²) in [5.41, 5.74) is 10.3. The van der Waals surface area contributed by atoms with Crippen molar-refractivity contribution in [2.45, 2.75) is 12.5 Å². The van der Waals surface area contributed by atoms with E-state index in [0.29, 0.717) is 19.6 Å². The molecule has 0 heterocycles. The second-order valence-corrected chi connectivity index (χ2v) is 3.04. The molecule has 0 aliphatic carbocycles. The molecule has 0 rings (SSSR count). The summed E-state index contributed by atoms with van der Waals surface area (Å²) in [6, 6.07) is -0.889. The number of aliphatic hydroxyl groups excluding tert-OH is 1. The fraction of sp³-hybridized carbons (Fsp3) is 0.750. The third-order valence-corrected chi connectivity index (χ3v) is 1.65. The molecule has 0 unspecified atom stereocenters. The number of primary amides is 1. The van der Waals surface area contributed by atoms with Crippen LogP contribution in [0.1, 0.15) is 6.42 Å². The quantitative estimate of drug-likeness (QED) is 0.275. The number of nitrogens with one attached hydrogen (secondary N) is 2. The second kappa shape index (κ2) is 8.16. The Bertz CT molecular complexity index is 210. The molecule has 0 bridgehead atoms. The van der Waals surface area contributed by atoms with Gasteiger partial charge in [0, 0.05) is 19.6 Å². The van der Waals surface area contributed by atoms with Gasteiger partial charge in [0.15, 0.2) is 0 Å². The lowest BCUT2D eigenvalue weighted by Crippen LogP contribution is -2.44. The van der Waals surface area contributed by atoms with Gasteiger partial charge in [-0.3, -0.25) is 9.59 Å². The van der Waals surface area contributed by atoms with E-state index in [1.807, 2.05) is 0 Å². The topological polar surface area (TPSA) is 130 Å². The highest BCUT2D eigenvalue weighted by atomic mass is 16.3. The molecule has 0 radical (unpaired) electrons. The van der Waals surface area contributed by atoms with Crippen molar-refractivity contribution in [3.63, 3.8) is 0 Å². The van der Waals surface area contributed by atoms with E-state index in [2.05, 4.69) is 10.6 Å². The molecular weight excluding hydrogens is 200 g/mol. The van der Waals surface area contributed by atoms with Crippen molar-refractivity contribution in [3.8, 4) is 0 Å². The van der Waals surface area contributed by atoms with Crippen molar-refractivity contribution in [2.75, 3.05) is 26.2 Å². The summed E-state index contributed by atoms with van der Waals surface area (Å²) < 4.78 is 0. The Morgan fingerprint density at radius 2 is 1.93 bits per heavy atom. The highest BCUT2D eigenvalue weighted by molar-refractivity contribution is 5.87. The van der Waals surface area contributed by atoms with Crippen LogP contribution < -0.4 is 22.1 Å². The Balaban J connectivity index is 3.51. The summed E-state index contributed by atoms with van der Waals surface area (Å²) >= 11 is 0.